The van der Waals surface area contributed by atoms with E-state index in [2.05, 4.69) is 182 Å². The van der Waals surface area contributed by atoms with E-state index in [0.29, 0.717) is 0 Å². The van der Waals surface area contributed by atoms with Gasteiger partial charge in [0.25, 0.3) is 0 Å². The molecule has 0 heterocycles. The lowest BCUT2D eigenvalue weighted by molar-refractivity contribution is 1.30. The molecule has 1 nitrogen and oxygen atoms in total. The van der Waals surface area contributed by atoms with Crippen LogP contribution in [0, 0.1) is 6.92 Å². The molecule has 0 fully saturated rings. The van der Waals surface area contributed by atoms with Crippen molar-refractivity contribution in [2.24, 2.45) is 0 Å². The Balaban J connectivity index is 1.35. The first-order valence-corrected chi connectivity index (χ1v) is 15.9. The third kappa shape index (κ3) is 4.17. The van der Waals surface area contributed by atoms with Crippen LogP contribution in [-0.4, -0.2) is 0 Å². The average molecular weight is 586 g/mol. The molecule has 0 bridgehead atoms. The highest BCUT2D eigenvalue weighted by Crippen LogP contribution is 2.50. The highest BCUT2D eigenvalue weighted by Gasteiger charge is 2.23. The minimum atomic E-state index is 1.13. The molecule has 0 radical (unpaired) electrons. The lowest BCUT2D eigenvalue weighted by atomic mass is 9.86. The Morgan fingerprint density at radius 1 is 0.370 bits per heavy atom. The van der Waals surface area contributed by atoms with Gasteiger partial charge < -0.3 is 4.90 Å². The van der Waals surface area contributed by atoms with Gasteiger partial charge in [0, 0.05) is 27.5 Å². The van der Waals surface area contributed by atoms with Crippen LogP contribution in [0.4, 0.5) is 17.1 Å². The van der Waals surface area contributed by atoms with E-state index < -0.39 is 0 Å². The Morgan fingerprint density at radius 2 is 0.848 bits per heavy atom. The Morgan fingerprint density at radius 3 is 1.57 bits per heavy atom. The first-order valence-electron chi connectivity index (χ1n) is 15.9. The van der Waals surface area contributed by atoms with E-state index in [0.717, 1.165) is 11.4 Å². The smallest absolute Gasteiger partial charge is 0.0619 e. The molecule has 1 heteroatoms. The summed E-state index contributed by atoms with van der Waals surface area (Å²) in [6.45, 7) is 2.15. The summed E-state index contributed by atoms with van der Waals surface area (Å²) < 4.78 is 0. The second kappa shape index (κ2) is 10.6. The van der Waals surface area contributed by atoms with Crippen molar-refractivity contribution in [3.8, 4) is 0 Å². The highest BCUT2D eigenvalue weighted by molar-refractivity contribution is 6.40. The van der Waals surface area contributed by atoms with E-state index in [1.165, 1.54) is 76.2 Å². The van der Waals surface area contributed by atoms with Crippen LogP contribution in [0.5, 0.6) is 0 Å². The number of hydrogen-bond donors (Lipinski definition) is 0. The number of anilines is 3. The van der Waals surface area contributed by atoms with Crippen LogP contribution in [0.15, 0.2) is 158 Å². The fourth-order valence-electron chi connectivity index (χ4n) is 7.32. The van der Waals surface area contributed by atoms with Crippen LogP contribution in [0.2, 0.25) is 0 Å². The number of benzene rings is 9. The Bertz CT molecular complexity index is 2550. The normalized spacial score (nSPS) is 11.9. The summed E-state index contributed by atoms with van der Waals surface area (Å²) in [6.07, 6.45) is 4.36. The Hall–Kier alpha value is -5.92. The van der Waals surface area contributed by atoms with Crippen molar-refractivity contribution in [3.63, 3.8) is 0 Å². The number of rotatable bonds is 5. The van der Waals surface area contributed by atoms with E-state index in [4.69, 9.17) is 0 Å². The maximum absolute atomic E-state index is 2.45. The van der Waals surface area contributed by atoms with Crippen molar-refractivity contribution in [2.75, 3.05) is 4.90 Å². The molecule has 0 saturated heterocycles. The van der Waals surface area contributed by atoms with Crippen molar-refractivity contribution in [1.82, 2.24) is 0 Å². The second-order valence-electron chi connectivity index (χ2n) is 12.2. The predicted molar refractivity (Wildman–Crippen MR) is 200 cm³/mol. The topological polar surface area (TPSA) is 3.24 Å². The van der Waals surface area contributed by atoms with Crippen LogP contribution >= 0.6 is 0 Å². The molecule has 0 aliphatic heterocycles. The summed E-state index contributed by atoms with van der Waals surface area (Å²) >= 11 is 0. The summed E-state index contributed by atoms with van der Waals surface area (Å²) in [4.78, 5) is 2.45. The van der Waals surface area contributed by atoms with Crippen molar-refractivity contribution >= 4 is 83.1 Å². The van der Waals surface area contributed by atoms with Crippen molar-refractivity contribution in [2.45, 2.75) is 6.92 Å². The molecular formula is C45H31N. The molecule has 0 N–H and O–H groups in total. The van der Waals surface area contributed by atoms with Crippen molar-refractivity contribution in [3.05, 3.63) is 174 Å². The van der Waals surface area contributed by atoms with Crippen LogP contribution < -0.4 is 4.90 Å². The molecule has 0 amide bonds. The maximum atomic E-state index is 2.45. The van der Waals surface area contributed by atoms with Gasteiger partial charge in [-0.05, 0) is 80.0 Å². The van der Waals surface area contributed by atoms with E-state index in [1.807, 2.05) is 0 Å². The highest BCUT2D eigenvalue weighted by atomic mass is 15.1. The van der Waals surface area contributed by atoms with Gasteiger partial charge in [0.05, 0.1) is 5.69 Å². The third-order valence-corrected chi connectivity index (χ3v) is 9.42. The van der Waals surface area contributed by atoms with Gasteiger partial charge in [0.15, 0.2) is 0 Å². The quantitative estimate of drug-likeness (QED) is 0.110. The zero-order valence-corrected chi connectivity index (χ0v) is 25.6. The lowest BCUT2D eigenvalue weighted by Crippen LogP contribution is -2.11. The van der Waals surface area contributed by atoms with E-state index in [9.17, 15) is 0 Å². The molecule has 0 spiro atoms. The SMILES string of the molecule is Cc1ccc(N(c2ccc(C=Cc3ccccc3)cc2)c2c3ccccc3c3c4cccc5cccc(c6cccc2c63)c54)cc1. The molecule has 0 aliphatic carbocycles. The molecule has 216 valence electrons. The molecule has 0 unspecified atom stereocenters. The predicted octanol–water partition coefficient (Wildman–Crippen LogP) is 12.8. The number of nitrogens with zero attached hydrogens (tertiary/aromatic N) is 1. The fraction of sp³-hybridized carbons (Fsp3) is 0.0222. The molecule has 46 heavy (non-hydrogen) atoms. The standard InChI is InChI=1S/C45H31N/c1-30-20-26-34(27-21-30)46(35-28-24-32(25-29-35)23-22-31-10-3-2-4-11-31)45-39-15-6-5-14-38(39)43-40-18-8-13-33-12-7-16-36(42(33)40)37-17-9-19-41(45)44(37)43/h2-29H,1H3. The molecule has 9 aromatic carbocycles. The largest absolute Gasteiger partial charge is 0.309 e. The van der Waals surface area contributed by atoms with Gasteiger partial charge in [-0.15, -0.1) is 0 Å². The van der Waals surface area contributed by atoms with Crippen molar-refractivity contribution < 1.29 is 0 Å². The van der Waals surface area contributed by atoms with Gasteiger partial charge in [-0.25, -0.2) is 0 Å². The zero-order valence-electron chi connectivity index (χ0n) is 25.6. The molecule has 9 rings (SSSR count). The number of fused-ring (bicyclic) bond motifs is 4. The second-order valence-corrected chi connectivity index (χ2v) is 12.2. The fourth-order valence-corrected chi connectivity index (χ4v) is 7.32. The lowest BCUT2D eigenvalue weighted by Gasteiger charge is -2.30. The van der Waals surface area contributed by atoms with Gasteiger partial charge in [-0.3, -0.25) is 0 Å². The summed E-state index contributed by atoms with van der Waals surface area (Å²) in [5.74, 6) is 0. The molecule has 9 aromatic rings. The molecule has 0 saturated carbocycles. The van der Waals surface area contributed by atoms with Gasteiger partial charge >= 0.3 is 0 Å². The van der Waals surface area contributed by atoms with Crippen LogP contribution in [0.1, 0.15) is 16.7 Å². The summed E-state index contributed by atoms with van der Waals surface area (Å²) in [5.41, 5.74) is 7.09. The average Bonchev–Trinajstić information content (AvgIpc) is 3.11. The van der Waals surface area contributed by atoms with E-state index in [-0.39, 0.29) is 0 Å². The van der Waals surface area contributed by atoms with E-state index in [1.54, 1.807) is 0 Å². The van der Waals surface area contributed by atoms with Crippen LogP contribution in [0.3, 0.4) is 0 Å². The van der Waals surface area contributed by atoms with Crippen LogP contribution in [0.25, 0.3) is 66.0 Å². The Labute approximate surface area is 268 Å². The first kappa shape index (κ1) is 26.5. The third-order valence-electron chi connectivity index (χ3n) is 9.42. The maximum Gasteiger partial charge on any atom is 0.0619 e. The summed E-state index contributed by atoms with van der Waals surface area (Å²) in [6, 6.07) is 57.6. The van der Waals surface area contributed by atoms with E-state index >= 15 is 0 Å². The van der Waals surface area contributed by atoms with Crippen LogP contribution in [-0.2, 0) is 0 Å². The van der Waals surface area contributed by atoms with Gasteiger partial charge in [-0.2, -0.15) is 0 Å². The monoisotopic (exact) mass is 585 g/mol. The molecular weight excluding hydrogens is 555 g/mol. The molecule has 0 atom stereocenters. The van der Waals surface area contributed by atoms with Crippen molar-refractivity contribution in [1.29, 1.82) is 0 Å². The first-order chi connectivity index (χ1) is 22.7. The zero-order chi connectivity index (χ0) is 30.6. The van der Waals surface area contributed by atoms with Gasteiger partial charge in [0.1, 0.15) is 0 Å². The summed E-state index contributed by atoms with van der Waals surface area (Å²) in [5, 5.41) is 13.0. The Kier molecular flexibility index (Phi) is 6.11. The van der Waals surface area contributed by atoms with Gasteiger partial charge in [0.2, 0.25) is 0 Å². The van der Waals surface area contributed by atoms with Gasteiger partial charge in [-0.1, -0.05) is 151 Å². The molecule has 0 aromatic heterocycles. The minimum absolute atomic E-state index is 1.13. The number of hydrogen-bond acceptors (Lipinski definition) is 1. The number of aryl methyl sites for hydroxylation is 1. The summed E-state index contributed by atoms with van der Waals surface area (Å²) in [7, 11) is 0. The molecule has 0 aliphatic rings. The minimum Gasteiger partial charge on any atom is -0.309 e.